The molecule has 154 valence electrons. The second-order valence-electron chi connectivity index (χ2n) is 8.00. The Bertz CT molecular complexity index is 1020. The van der Waals surface area contributed by atoms with Crippen LogP contribution < -0.4 is 5.32 Å². The molecule has 2 fully saturated rings. The highest BCUT2D eigenvalue weighted by Gasteiger charge is 2.29. The average Bonchev–Trinajstić information content (AvgIpc) is 3.33. The van der Waals surface area contributed by atoms with Crippen molar-refractivity contribution in [3.05, 3.63) is 35.4 Å². The van der Waals surface area contributed by atoms with Gasteiger partial charge in [-0.15, -0.1) is 0 Å². The first kappa shape index (κ1) is 18.6. The number of nitrogens with one attached hydrogen (secondary N) is 1. The molecule has 7 nitrogen and oxygen atoms in total. The Morgan fingerprint density at radius 1 is 1.21 bits per heavy atom. The lowest BCUT2D eigenvalue weighted by molar-refractivity contribution is 0.149. The highest BCUT2D eigenvalue weighted by molar-refractivity contribution is 5.83. The van der Waals surface area contributed by atoms with E-state index in [0.717, 1.165) is 57.5 Å². The normalized spacial score (nSPS) is 19.1. The standard InChI is InChI=1S/C20H24F2N6O/c1-2-16-14-3-4-15(21)17(22)18(14)28(25-16)20-24-19(29-26-20)13-5-7-27(8-6-13)11-12-9-23-10-12/h3-4,12-13,23H,2,5-11H2,1H3. The molecule has 2 aliphatic rings. The van der Waals surface area contributed by atoms with E-state index in [1.807, 2.05) is 6.92 Å². The van der Waals surface area contributed by atoms with Gasteiger partial charge in [0.15, 0.2) is 11.6 Å². The molecule has 0 atom stereocenters. The summed E-state index contributed by atoms with van der Waals surface area (Å²) in [5.74, 6) is -0.224. The van der Waals surface area contributed by atoms with E-state index in [9.17, 15) is 8.78 Å². The van der Waals surface area contributed by atoms with Gasteiger partial charge in [-0.3, -0.25) is 0 Å². The predicted octanol–water partition coefficient (Wildman–Crippen LogP) is 2.65. The van der Waals surface area contributed by atoms with Gasteiger partial charge in [-0.2, -0.15) is 14.8 Å². The first-order valence-corrected chi connectivity index (χ1v) is 10.3. The Labute approximate surface area is 167 Å². The first-order chi connectivity index (χ1) is 14.1. The van der Waals surface area contributed by atoms with Gasteiger partial charge in [0.2, 0.25) is 5.89 Å². The monoisotopic (exact) mass is 402 g/mol. The number of halogens is 2. The highest BCUT2D eigenvalue weighted by Crippen LogP contribution is 2.30. The molecule has 0 radical (unpaired) electrons. The van der Waals surface area contributed by atoms with Crippen LogP contribution in [0.15, 0.2) is 16.7 Å². The van der Waals surface area contributed by atoms with E-state index in [1.54, 1.807) is 6.07 Å². The summed E-state index contributed by atoms with van der Waals surface area (Å²) in [6, 6.07) is 2.67. The molecule has 0 saturated carbocycles. The summed E-state index contributed by atoms with van der Waals surface area (Å²) < 4.78 is 35.1. The minimum absolute atomic E-state index is 0.0538. The van der Waals surface area contributed by atoms with Gasteiger partial charge < -0.3 is 14.7 Å². The zero-order valence-electron chi connectivity index (χ0n) is 16.4. The molecule has 0 amide bonds. The van der Waals surface area contributed by atoms with Crippen molar-refractivity contribution in [3.63, 3.8) is 0 Å². The zero-order valence-corrected chi connectivity index (χ0v) is 16.4. The summed E-state index contributed by atoms with van der Waals surface area (Å²) in [7, 11) is 0. The van der Waals surface area contributed by atoms with Crippen molar-refractivity contribution in [1.29, 1.82) is 0 Å². The molecule has 0 spiro atoms. The molecule has 4 heterocycles. The minimum Gasteiger partial charge on any atom is -0.337 e. The third kappa shape index (κ3) is 3.32. The first-order valence-electron chi connectivity index (χ1n) is 10.3. The minimum atomic E-state index is -0.945. The number of aromatic nitrogens is 4. The van der Waals surface area contributed by atoms with Crippen LogP contribution in [-0.4, -0.2) is 57.5 Å². The van der Waals surface area contributed by atoms with Gasteiger partial charge in [0.05, 0.1) is 5.69 Å². The Balaban J connectivity index is 1.37. The molecule has 2 saturated heterocycles. The molecule has 3 aromatic rings. The number of rotatable bonds is 5. The quantitative estimate of drug-likeness (QED) is 0.708. The molecule has 9 heteroatoms. The Hall–Kier alpha value is -2.39. The van der Waals surface area contributed by atoms with E-state index < -0.39 is 11.6 Å². The third-order valence-electron chi connectivity index (χ3n) is 6.09. The van der Waals surface area contributed by atoms with Gasteiger partial charge in [0.25, 0.3) is 5.95 Å². The number of piperidine rings is 1. The van der Waals surface area contributed by atoms with Gasteiger partial charge in [-0.25, -0.2) is 8.78 Å². The largest absolute Gasteiger partial charge is 0.337 e. The van der Waals surface area contributed by atoms with E-state index in [2.05, 4.69) is 25.5 Å². The molecular formula is C20H24F2N6O. The van der Waals surface area contributed by atoms with E-state index >= 15 is 0 Å². The topological polar surface area (TPSA) is 72.0 Å². The lowest BCUT2D eigenvalue weighted by Gasteiger charge is -2.36. The fourth-order valence-electron chi connectivity index (χ4n) is 4.29. The molecule has 1 aromatic carbocycles. The fourth-order valence-corrected chi connectivity index (χ4v) is 4.29. The van der Waals surface area contributed by atoms with Gasteiger partial charge >= 0.3 is 0 Å². The highest BCUT2D eigenvalue weighted by atomic mass is 19.2. The molecule has 1 N–H and O–H groups in total. The van der Waals surface area contributed by atoms with Crippen molar-refractivity contribution < 1.29 is 13.3 Å². The van der Waals surface area contributed by atoms with E-state index in [-0.39, 0.29) is 17.4 Å². The summed E-state index contributed by atoms with van der Waals surface area (Å²) in [5.41, 5.74) is 0.724. The van der Waals surface area contributed by atoms with Crippen LogP contribution in [-0.2, 0) is 6.42 Å². The molecule has 2 aromatic heterocycles. The molecule has 29 heavy (non-hydrogen) atoms. The van der Waals surface area contributed by atoms with Crippen LogP contribution >= 0.6 is 0 Å². The maximum Gasteiger partial charge on any atom is 0.291 e. The summed E-state index contributed by atoms with van der Waals surface area (Å²) in [5, 5.41) is 12.3. The number of aryl methyl sites for hydroxylation is 1. The second kappa shape index (κ2) is 7.46. The van der Waals surface area contributed by atoms with Crippen molar-refractivity contribution in [2.24, 2.45) is 5.92 Å². The molecular weight excluding hydrogens is 378 g/mol. The summed E-state index contributed by atoms with van der Waals surface area (Å²) in [4.78, 5) is 6.98. The van der Waals surface area contributed by atoms with Crippen molar-refractivity contribution in [2.75, 3.05) is 32.7 Å². The molecule has 0 unspecified atom stereocenters. The summed E-state index contributed by atoms with van der Waals surface area (Å²) in [6.45, 7) is 7.29. The molecule has 0 aliphatic carbocycles. The third-order valence-corrected chi connectivity index (χ3v) is 6.09. The van der Waals surface area contributed by atoms with Crippen molar-refractivity contribution in [3.8, 4) is 5.95 Å². The molecule has 0 bridgehead atoms. The number of benzene rings is 1. The van der Waals surface area contributed by atoms with Crippen LogP contribution in [0, 0.1) is 17.6 Å². The number of nitrogens with zero attached hydrogens (tertiary/aromatic N) is 5. The lowest BCUT2D eigenvalue weighted by atomic mass is 9.95. The van der Waals surface area contributed by atoms with Gasteiger partial charge in [0, 0.05) is 30.9 Å². The molecule has 5 rings (SSSR count). The van der Waals surface area contributed by atoms with E-state index in [1.165, 1.54) is 4.68 Å². The number of likely N-dealkylation sites (tertiary alicyclic amines) is 1. The van der Waals surface area contributed by atoms with Crippen LogP contribution in [0.4, 0.5) is 8.78 Å². The maximum atomic E-state index is 14.5. The van der Waals surface area contributed by atoms with Crippen molar-refractivity contribution in [2.45, 2.75) is 32.1 Å². The summed E-state index contributed by atoms with van der Waals surface area (Å²) in [6.07, 6.45) is 2.49. The van der Waals surface area contributed by atoms with E-state index in [0.29, 0.717) is 23.4 Å². The van der Waals surface area contributed by atoms with E-state index in [4.69, 9.17) is 4.52 Å². The zero-order chi connectivity index (χ0) is 20.0. The van der Waals surface area contributed by atoms with Gasteiger partial charge in [-0.05, 0) is 55.6 Å². The second-order valence-corrected chi connectivity index (χ2v) is 8.00. The SMILES string of the molecule is CCc1nn(-c2noc(C3CCN(CC4CNC4)CC3)n2)c2c(F)c(F)ccc12. The van der Waals surface area contributed by atoms with Crippen LogP contribution in [0.25, 0.3) is 16.9 Å². The number of hydrogen-bond donors (Lipinski definition) is 1. The van der Waals surface area contributed by atoms with Crippen molar-refractivity contribution >= 4 is 10.9 Å². The predicted molar refractivity (Wildman–Crippen MR) is 103 cm³/mol. The fraction of sp³-hybridized carbons (Fsp3) is 0.550. The van der Waals surface area contributed by atoms with Crippen LogP contribution in [0.5, 0.6) is 0 Å². The smallest absolute Gasteiger partial charge is 0.291 e. The lowest BCUT2D eigenvalue weighted by Crippen LogP contribution is -2.49. The summed E-state index contributed by atoms with van der Waals surface area (Å²) >= 11 is 0. The number of hydrogen-bond acceptors (Lipinski definition) is 6. The molecule has 2 aliphatic heterocycles. The van der Waals surface area contributed by atoms with Crippen LogP contribution in [0.3, 0.4) is 0 Å². The van der Waals surface area contributed by atoms with Crippen LogP contribution in [0.2, 0.25) is 0 Å². The van der Waals surface area contributed by atoms with Crippen molar-refractivity contribution in [1.82, 2.24) is 30.1 Å². The number of fused-ring (bicyclic) bond motifs is 1. The Morgan fingerprint density at radius 2 is 2.00 bits per heavy atom. The Kier molecular flexibility index (Phi) is 4.79. The van der Waals surface area contributed by atoms with Gasteiger partial charge in [-0.1, -0.05) is 6.92 Å². The maximum absolute atomic E-state index is 14.5. The average molecular weight is 402 g/mol. The van der Waals surface area contributed by atoms with Gasteiger partial charge in [0.1, 0.15) is 5.52 Å². The Morgan fingerprint density at radius 3 is 2.69 bits per heavy atom. The van der Waals surface area contributed by atoms with Crippen LogP contribution in [0.1, 0.15) is 37.3 Å².